The Balaban J connectivity index is 1.85. The van der Waals surface area contributed by atoms with Crippen LogP contribution < -0.4 is 5.32 Å². The Morgan fingerprint density at radius 2 is 2.50 bits per heavy atom. The summed E-state index contributed by atoms with van der Waals surface area (Å²) in [5.41, 5.74) is 0. The van der Waals surface area contributed by atoms with E-state index >= 15 is 0 Å². The first-order chi connectivity index (χ1) is 7.75. The van der Waals surface area contributed by atoms with Crippen LogP contribution in [-0.4, -0.2) is 36.6 Å². The number of likely N-dealkylation sites (tertiary alicyclic amines) is 1. The molecule has 2 rings (SSSR count). The fourth-order valence-electron chi connectivity index (χ4n) is 2.20. The van der Waals surface area contributed by atoms with Crippen molar-refractivity contribution in [1.29, 1.82) is 0 Å². The van der Waals surface area contributed by atoms with Crippen LogP contribution in [0.1, 0.15) is 12.8 Å². The molecule has 88 valence electrons. The Morgan fingerprint density at radius 3 is 3.25 bits per heavy atom. The molecule has 0 spiro atoms. The molecule has 3 nitrogen and oxygen atoms in total. The molecule has 1 aromatic heterocycles. The number of piperidine rings is 1. The van der Waals surface area contributed by atoms with Gasteiger partial charge in [0.05, 0.1) is 5.02 Å². The summed E-state index contributed by atoms with van der Waals surface area (Å²) in [6, 6.07) is 3.71. The van der Waals surface area contributed by atoms with Crippen molar-refractivity contribution in [2.45, 2.75) is 12.8 Å². The van der Waals surface area contributed by atoms with Gasteiger partial charge in [0.15, 0.2) is 0 Å². The number of aromatic nitrogens is 1. The van der Waals surface area contributed by atoms with Crippen LogP contribution in [0, 0.1) is 5.92 Å². The molecular formula is C12H18ClN3. The largest absolute Gasteiger partial charge is 0.369 e. The van der Waals surface area contributed by atoms with E-state index in [4.69, 9.17) is 11.6 Å². The summed E-state index contributed by atoms with van der Waals surface area (Å²) in [4.78, 5) is 6.61. The molecule has 1 aliphatic rings. The Labute approximate surface area is 102 Å². The third-order valence-electron chi connectivity index (χ3n) is 3.04. The Morgan fingerprint density at radius 1 is 1.62 bits per heavy atom. The Bertz CT molecular complexity index is 343. The SMILES string of the molecule is CN1CCCC(CNc2ncccc2Cl)C1. The molecule has 0 aliphatic carbocycles. The average Bonchev–Trinajstić information content (AvgIpc) is 2.28. The standard InChI is InChI=1S/C12H18ClN3/c1-16-7-3-4-10(9-16)8-15-12-11(13)5-2-6-14-12/h2,5-6,10H,3-4,7-9H2,1H3,(H,14,15). The van der Waals surface area contributed by atoms with E-state index in [0.29, 0.717) is 10.9 Å². The van der Waals surface area contributed by atoms with E-state index in [1.165, 1.54) is 19.4 Å². The lowest BCUT2D eigenvalue weighted by atomic mass is 9.98. The average molecular weight is 240 g/mol. The highest BCUT2D eigenvalue weighted by Gasteiger charge is 2.17. The zero-order valence-corrected chi connectivity index (χ0v) is 10.4. The van der Waals surface area contributed by atoms with E-state index in [9.17, 15) is 0 Å². The van der Waals surface area contributed by atoms with Crippen LogP contribution in [0.5, 0.6) is 0 Å². The van der Waals surface area contributed by atoms with E-state index in [-0.39, 0.29) is 0 Å². The highest BCUT2D eigenvalue weighted by Crippen LogP contribution is 2.20. The fourth-order valence-corrected chi connectivity index (χ4v) is 2.38. The van der Waals surface area contributed by atoms with Gasteiger partial charge in [-0.3, -0.25) is 0 Å². The van der Waals surface area contributed by atoms with Crippen LogP contribution >= 0.6 is 11.6 Å². The lowest BCUT2D eigenvalue weighted by Crippen LogP contribution is -2.35. The molecule has 0 amide bonds. The summed E-state index contributed by atoms with van der Waals surface area (Å²) in [7, 11) is 2.18. The van der Waals surface area contributed by atoms with Crippen LogP contribution in [0.2, 0.25) is 5.02 Å². The second-order valence-electron chi connectivity index (χ2n) is 4.49. The van der Waals surface area contributed by atoms with Gasteiger partial charge in [0, 0.05) is 19.3 Å². The minimum Gasteiger partial charge on any atom is -0.369 e. The quantitative estimate of drug-likeness (QED) is 0.879. The first kappa shape index (κ1) is 11.7. The third-order valence-corrected chi connectivity index (χ3v) is 3.34. The highest BCUT2D eigenvalue weighted by molar-refractivity contribution is 6.32. The van der Waals surface area contributed by atoms with Gasteiger partial charge in [-0.15, -0.1) is 0 Å². The molecule has 0 bridgehead atoms. The number of nitrogens with one attached hydrogen (secondary N) is 1. The highest BCUT2D eigenvalue weighted by atomic mass is 35.5. The van der Waals surface area contributed by atoms with E-state index in [1.54, 1.807) is 6.20 Å². The predicted octanol–water partition coefficient (Wildman–Crippen LogP) is 2.49. The summed E-state index contributed by atoms with van der Waals surface area (Å²) in [5.74, 6) is 1.51. The molecule has 0 radical (unpaired) electrons. The Kier molecular flexibility index (Phi) is 4.02. The molecule has 1 aromatic rings. The van der Waals surface area contributed by atoms with Crippen molar-refractivity contribution in [2.75, 3.05) is 32.0 Å². The molecule has 4 heteroatoms. The molecule has 1 fully saturated rings. The minimum atomic E-state index is 0.701. The lowest BCUT2D eigenvalue weighted by Gasteiger charge is -2.29. The predicted molar refractivity (Wildman–Crippen MR) is 68.0 cm³/mol. The molecule has 0 aromatic carbocycles. The molecule has 16 heavy (non-hydrogen) atoms. The zero-order chi connectivity index (χ0) is 11.4. The normalized spacial score (nSPS) is 22.0. The molecule has 1 unspecified atom stereocenters. The van der Waals surface area contributed by atoms with Gasteiger partial charge in [-0.2, -0.15) is 0 Å². The van der Waals surface area contributed by atoms with E-state index in [1.807, 2.05) is 12.1 Å². The summed E-state index contributed by atoms with van der Waals surface area (Å²) in [6.45, 7) is 3.35. The number of nitrogens with zero attached hydrogens (tertiary/aromatic N) is 2. The van der Waals surface area contributed by atoms with Crippen LogP contribution in [0.25, 0.3) is 0 Å². The second kappa shape index (κ2) is 5.51. The van der Waals surface area contributed by atoms with Crippen molar-refractivity contribution in [3.05, 3.63) is 23.4 Å². The summed E-state index contributed by atoms with van der Waals surface area (Å²) >= 11 is 6.04. The van der Waals surface area contributed by atoms with Gasteiger partial charge in [-0.1, -0.05) is 11.6 Å². The third kappa shape index (κ3) is 3.09. The van der Waals surface area contributed by atoms with Gasteiger partial charge in [-0.05, 0) is 44.5 Å². The molecule has 1 aliphatic heterocycles. The summed E-state index contributed by atoms with van der Waals surface area (Å²) in [5, 5.41) is 4.03. The van der Waals surface area contributed by atoms with E-state index in [0.717, 1.165) is 18.9 Å². The van der Waals surface area contributed by atoms with Crippen molar-refractivity contribution >= 4 is 17.4 Å². The first-order valence-corrected chi connectivity index (χ1v) is 6.16. The number of anilines is 1. The van der Waals surface area contributed by atoms with Gasteiger partial charge in [0.1, 0.15) is 5.82 Å². The van der Waals surface area contributed by atoms with Crippen LogP contribution in [0.15, 0.2) is 18.3 Å². The van der Waals surface area contributed by atoms with Crippen molar-refractivity contribution < 1.29 is 0 Å². The maximum atomic E-state index is 6.04. The zero-order valence-electron chi connectivity index (χ0n) is 9.62. The van der Waals surface area contributed by atoms with Crippen LogP contribution in [0.4, 0.5) is 5.82 Å². The Hall–Kier alpha value is -0.800. The van der Waals surface area contributed by atoms with Gasteiger partial charge in [-0.25, -0.2) is 4.98 Å². The second-order valence-corrected chi connectivity index (χ2v) is 4.89. The van der Waals surface area contributed by atoms with E-state index < -0.39 is 0 Å². The number of halogens is 1. The number of rotatable bonds is 3. The fraction of sp³-hybridized carbons (Fsp3) is 0.583. The summed E-state index contributed by atoms with van der Waals surface area (Å²) in [6.07, 6.45) is 4.35. The number of hydrogen-bond donors (Lipinski definition) is 1. The molecule has 2 heterocycles. The van der Waals surface area contributed by atoms with Crippen molar-refractivity contribution in [2.24, 2.45) is 5.92 Å². The summed E-state index contributed by atoms with van der Waals surface area (Å²) < 4.78 is 0. The minimum absolute atomic E-state index is 0.701. The van der Waals surface area contributed by atoms with Crippen molar-refractivity contribution in [3.63, 3.8) is 0 Å². The monoisotopic (exact) mass is 239 g/mol. The van der Waals surface area contributed by atoms with Gasteiger partial charge < -0.3 is 10.2 Å². The molecular weight excluding hydrogens is 222 g/mol. The van der Waals surface area contributed by atoms with Crippen molar-refractivity contribution in [1.82, 2.24) is 9.88 Å². The maximum Gasteiger partial charge on any atom is 0.144 e. The number of pyridine rings is 1. The lowest BCUT2D eigenvalue weighted by molar-refractivity contribution is 0.217. The van der Waals surface area contributed by atoms with E-state index in [2.05, 4.69) is 22.2 Å². The van der Waals surface area contributed by atoms with Crippen molar-refractivity contribution in [3.8, 4) is 0 Å². The van der Waals surface area contributed by atoms with Gasteiger partial charge in [0.2, 0.25) is 0 Å². The first-order valence-electron chi connectivity index (χ1n) is 5.78. The smallest absolute Gasteiger partial charge is 0.144 e. The molecule has 1 atom stereocenters. The molecule has 0 saturated carbocycles. The van der Waals surface area contributed by atoms with Crippen LogP contribution in [-0.2, 0) is 0 Å². The maximum absolute atomic E-state index is 6.04. The van der Waals surface area contributed by atoms with Gasteiger partial charge >= 0.3 is 0 Å². The number of hydrogen-bond acceptors (Lipinski definition) is 3. The molecule has 1 saturated heterocycles. The topological polar surface area (TPSA) is 28.2 Å². The van der Waals surface area contributed by atoms with Gasteiger partial charge in [0.25, 0.3) is 0 Å². The molecule has 1 N–H and O–H groups in total. The van der Waals surface area contributed by atoms with Crippen LogP contribution in [0.3, 0.4) is 0 Å².